The first-order chi connectivity index (χ1) is 11.4. The summed E-state index contributed by atoms with van der Waals surface area (Å²) in [6.07, 6.45) is 9.21. The van der Waals surface area contributed by atoms with Gasteiger partial charge in [-0.15, -0.1) is 0 Å². The summed E-state index contributed by atoms with van der Waals surface area (Å²) in [5.74, 6) is 0. The van der Waals surface area contributed by atoms with E-state index in [0.29, 0.717) is 6.04 Å². The van der Waals surface area contributed by atoms with Crippen LogP contribution in [0.5, 0.6) is 0 Å². The van der Waals surface area contributed by atoms with Gasteiger partial charge in [0.25, 0.3) is 0 Å². The zero-order chi connectivity index (χ0) is 17.2. The molecule has 1 saturated heterocycles. The SMILES string of the molecule is CN(C1CCCCC1)C1CCN(c2ccc(S(N)(=O)=O)cc2)CC1. The molecule has 0 radical (unpaired) electrons. The van der Waals surface area contributed by atoms with E-state index in [1.54, 1.807) is 12.1 Å². The van der Waals surface area contributed by atoms with Gasteiger partial charge in [0.05, 0.1) is 4.90 Å². The first-order valence-electron chi connectivity index (χ1n) is 9.05. The lowest BCUT2D eigenvalue weighted by molar-refractivity contribution is 0.119. The van der Waals surface area contributed by atoms with Gasteiger partial charge in [-0.25, -0.2) is 13.6 Å². The molecule has 0 unspecified atom stereocenters. The second-order valence-electron chi connectivity index (χ2n) is 7.21. The second-order valence-corrected chi connectivity index (χ2v) is 8.78. The highest BCUT2D eigenvalue weighted by Crippen LogP contribution is 2.28. The van der Waals surface area contributed by atoms with Crippen LogP contribution in [0.4, 0.5) is 5.69 Å². The number of anilines is 1. The van der Waals surface area contributed by atoms with Crippen LogP contribution in [0.25, 0.3) is 0 Å². The Labute approximate surface area is 145 Å². The van der Waals surface area contributed by atoms with Crippen molar-refractivity contribution in [1.82, 2.24) is 4.90 Å². The summed E-state index contributed by atoms with van der Waals surface area (Å²) in [7, 11) is -1.31. The summed E-state index contributed by atoms with van der Waals surface area (Å²) in [6.45, 7) is 2.05. The molecule has 1 aliphatic heterocycles. The molecule has 134 valence electrons. The van der Waals surface area contributed by atoms with Crippen LogP contribution in [-0.4, -0.2) is 45.5 Å². The Morgan fingerprint density at radius 3 is 2.04 bits per heavy atom. The zero-order valence-corrected chi connectivity index (χ0v) is 15.3. The van der Waals surface area contributed by atoms with E-state index in [0.717, 1.165) is 24.8 Å². The van der Waals surface area contributed by atoms with Crippen molar-refractivity contribution in [2.75, 3.05) is 25.0 Å². The highest BCUT2D eigenvalue weighted by atomic mass is 32.2. The monoisotopic (exact) mass is 351 g/mol. The molecule has 2 N–H and O–H groups in total. The average Bonchev–Trinajstić information content (AvgIpc) is 2.61. The van der Waals surface area contributed by atoms with Crippen LogP contribution in [0.1, 0.15) is 44.9 Å². The van der Waals surface area contributed by atoms with Gasteiger partial charge in [0.15, 0.2) is 0 Å². The summed E-state index contributed by atoms with van der Waals surface area (Å²) in [6, 6.07) is 8.38. The summed E-state index contributed by atoms with van der Waals surface area (Å²) in [5, 5.41) is 5.16. The van der Waals surface area contributed by atoms with Crippen molar-refractivity contribution in [3.63, 3.8) is 0 Å². The van der Waals surface area contributed by atoms with Gasteiger partial charge in [-0.2, -0.15) is 0 Å². The van der Waals surface area contributed by atoms with Crippen LogP contribution >= 0.6 is 0 Å². The number of hydrogen-bond donors (Lipinski definition) is 1. The molecule has 24 heavy (non-hydrogen) atoms. The highest BCUT2D eigenvalue weighted by molar-refractivity contribution is 7.89. The first kappa shape index (κ1) is 17.7. The summed E-state index contributed by atoms with van der Waals surface area (Å²) in [4.78, 5) is 5.15. The molecule has 3 rings (SSSR count). The Bertz CT molecular complexity index is 631. The molecule has 2 fully saturated rings. The predicted molar refractivity (Wildman–Crippen MR) is 97.7 cm³/mol. The third-order valence-corrected chi connectivity index (χ3v) is 6.65. The minimum absolute atomic E-state index is 0.179. The van der Waals surface area contributed by atoms with Crippen LogP contribution in [0, 0.1) is 0 Å². The lowest BCUT2D eigenvalue weighted by atomic mass is 9.92. The van der Waals surface area contributed by atoms with Crippen molar-refractivity contribution in [3.8, 4) is 0 Å². The molecular formula is C18H29N3O2S. The molecule has 0 aromatic heterocycles. The van der Waals surface area contributed by atoms with Gasteiger partial charge in [0, 0.05) is 30.9 Å². The number of rotatable bonds is 4. The van der Waals surface area contributed by atoms with E-state index in [1.165, 1.54) is 44.9 Å². The number of nitrogens with zero attached hydrogens (tertiary/aromatic N) is 2. The van der Waals surface area contributed by atoms with E-state index in [9.17, 15) is 8.42 Å². The average molecular weight is 352 g/mol. The Morgan fingerprint density at radius 2 is 1.50 bits per heavy atom. The molecular weight excluding hydrogens is 322 g/mol. The summed E-state index contributed by atoms with van der Waals surface area (Å²) >= 11 is 0. The number of benzene rings is 1. The maximum Gasteiger partial charge on any atom is 0.238 e. The van der Waals surface area contributed by atoms with E-state index in [4.69, 9.17) is 5.14 Å². The van der Waals surface area contributed by atoms with Crippen LogP contribution in [-0.2, 0) is 10.0 Å². The van der Waals surface area contributed by atoms with Crippen molar-refractivity contribution in [3.05, 3.63) is 24.3 Å². The molecule has 0 bridgehead atoms. The normalized spacial score (nSPS) is 21.4. The number of piperidine rings is 1. The second kappa shape index (κ2) is 7.42. The fourth-order valence-corrected chi connectivity index (χ4v) is 4.68. The molecule has 2 aliphatic rings. The fraction of sp³-hybridized carbons (Fsp3) is 0.667. The van der Waals surface area contributed by atoms with Crippen LogP contribution in [0.3, 0.4) is 0 Å². The molecule has 0 amide bonds. The first-order valence-corrected chi connectivity index (χ1v) is 10.6. The fourth-order valence-electron chi connectivity index (χ4n) is 4.16. The lowest BCUT2D eigenvalue weighted by Gasteiger charge is -2.42. The topological polar surface area (TPSA) is 66.6 Å². The van der Waals surface area contributed by atoms with Crippen LogP contribution in [0.2, 0.25) is 0 Å². The van der Waals surface area contributed by atoms with Crippen molar-refractivity contribution in [2.45, 2.75) is 61.9 Å². The Morgan fingerprint density at radius 1 is 0.958 bits per heavy atom. The van der Waals surface area contributed by atoms with Gasteiger partial charge in [0.1, 0.15) is 0 Å². The maximum absolute atomic E-state index is 11.3. The van der Waals surface area contributed by atoms with E-state index < -0.39 is 10.0 Å². The van der Waals surface area contributed by atoms with Gasteiger partial charge >= 0.3 is 0 Å². The standard InChI is InChI=1S/C18H29N3O2S/c1-20(15-5-3-2-4-6-15)16-11-13-21(14-12-16)17-7-9-18(10-8-17)24(19,22)23/h7-10,15-16H,2-6,11-14H2,1H3,(H2,19,22,23). The predicted octanol–water partition coefficient (Wildman–Crippen LogP) is 2.57. The molecule has 1 heterocycles. The molecule has 0 spiro atoms. The quantitative estimate of drug-likeness (QED) is 0.905. The van der Waals surface area contributed by atoms with Gasteiger partial charge in [-0.3, -0.25) is 0 Å². The van der Waals surface area contributed by atoms with Crippen LogP contribution in [0.15, 0.2) is 29.2 Å². The Hall–Kier alpha value is -1.11. The minimum Gasteiger partial charge on any atom is -0.371 e. The van der Waals surface area contributed by atoms with E-state index in [1.807, 2.05) is 12.1 Å². The number of hydrogen-bond acceptors (Lipinski definition) is 4. The van der Waals surface area contributed by atoms with Crippen molar-refractivity contribution < 1.29 is 8.42 Å². The van der Waals surface area contributed by atoms with Gasteiger partial charge in [-0.05, 0) is 57.0 Å². The number of primary sulfonamides is 1. The molecule has 1 aromatic carbocycles. The van der Waals surface area contributed by atoms with Crippen molar-refractivity contribution in [1.29, 1.82) is 0 Å². The van der Waals surface area contributed by atoms with Crippen LogP contribution < -0.4 is 10.0 Å². The largest absolute Gasteiger partial charge is 0.371 e. The molecule has 5 nitrogen and oxygen atoms in total. The van der Waals surface area contributed by atoms with Gasteiger partial charge in [0.2, 0.25) is 10.0 Å². The Kier molecular flexibility index (Phi) is 5.47. The van der Waals surface area contributed by atoms with Crippen molar-refractivity contribution in [2.24, 2.45) is 5.14 Å². The van der Waals surface area contributed by atoms with E-state index >= 15 is 0 Å². The van der Waals surface area contributed by atoms with E-state index in [-0.39, 0.29) is 4.90 Å². The zero-order valence-electron chi connectivity index (χ0n) is 14.5. The molecule has 1 aliphatic carbocycles. The maximum atomic E-state index is 11.3. The lowest BCUT2D eigenvalue weighted by Crippen LogP contribution is -2.47. The number of sulfonamides is 1. The molecule has 0 atom stereocenters. The Balaban J connectivity index is 1.56. The van der Waals surface area contributed by atoms with E-state index in [2.05, 4.69) is 16.8 Å². The molecule has 1 saturated carbocycles. The molecule has 1 aromatic rings. The van der Waals surface area contributed by atoms with Crippen molar-refractivity contribution >= 4 is 15.7 Å². The third-order valence-electron chi connectivity index (χ3n) is 5.72. The summed E-state index contributed by atoms with van der Waals surface area (Å²) < 4.78 is 22.7. The van der Waals surface area contributed by atoms with Gasteiger partial charge in [-0.1, -0.05) is 19.3 Å². The smallest absolute Gasteiger partial charge is 0.238 e. The minimum atomic E-state index is -3.61. The summed E-state index contributed by atoms with van der Waals surface area (Å²) in [5.41, 5.74) is 1.08. The molecule has 6 heteroatoms. The number of nitrogens with two attached hydrogens (primary N) is 1. The third kappa shape index (κ3) is 4.10. The highest BCUT2D eigenvalue weighted by Gasteiger charge is 2.28. The van der Waals surface area contributed by atoms with Gasteiger partial charge < -0.3 is 9.80 Å².